The summed E-state index contributed by atoms with van der Waals surface area (Å²) in [7, 11) is 1.66. The van der Waals surface area contributed by atoms with E-state index in [4.69, 9.17) is 21.3 Å². The molecule has 3 aliphatic rings. The van der Waals surface area contributed by atoms with Crippen LogP contribution in [-0.4, -0.2) is 60.7 Å². The molecule has 38 heavy (non-hydrogen) atoms. The van der Waals surface area contributed by atoms with Crippen LogP contribution in [-0.2, 0) is 5.41 Å². The predicted octanol–water partition coefficient (Wildman–Crippen LogP) is 5.41. The smallest absolute Gasteiger partial charge is 0.227 e. The fourth-order valence-corrected chi connectivity index (χ4v) is 5.81. The van der Waals surface area contributed by atoms with Gasteiger partial charge in [-0.2, -0.15) is 5.26 Å². The Morgan fingerprint density at radius 2 is 1.95 bits per heavy atom. The number of nitriles is 1. The van der Waals surface area contributed by atoms with Crippen molar-refractivity contribution in [2.45, 2.75) is 38.1 Å². The zero-order chi connectivity index (χ0) is 26.4. The molecule has 0 bridgehead atoms. The van der Waals surface area contributed by atoms with Gasteiger partial charge in [0.05, 0.1) is 40.5 Å². The largest absolute Gasteiger partial charge is 0.494 e. The van der Waals surface area contributed by atoms with Gasteiger partial charge in [-0.05, 0) is 42.7 Å². The Kier molecular flexibility index (Phi) is 6.29. The summed E-state index contributed by atoms with van der Waals surface area (Å²) in [5, 5.41) is 17.1. The molecule has 1 aliphatic carbocycles. The van der Waals surface area contributed by atoms with Crippen LogP contribution in [0.15, 0.2) is 36.5 Å². The summed E-state index contributed by atoms with van der Waals surface area (Å²) < 4.78 is 5.74. The first kappa shape index (κ1) is 24.8. The van der Waals surface area contributed by atoms with Crippen molar-refractivity contribution in [2.24, 2.45) is 0 Å². The highest BCUT2D eigenvalue weighted by molar-refractivity contribution is 6.33. The number of fused-ring (bicyclic) bond motifs is 1. The van der Waals surface area contributed by atoms with E-state index in [0.29, 0.717) is 28.0 Å². The highest BCUT2D eigenvalue weighted by Gasteiger charge is 2.33. The lowest BCUT2D eigenvalue weighted by Gasteiger charge is -2.36. The fourth-order valence-electron chi connectivity index (χ4n) is 5.53. The van der Waals surface area contributed by atoms with Gasteiger partial charge in [-0.25, -0.2) is 9.97 Å². The third-order valence-corrected chi connectivity index (χ3v) is 8.18. The van der Waals surface area contributed by atoms with Crippen molar-refractivity contribution in [3.8, 4) is 23.1 Å². The maximum atomic E-state index is 9.77. The second-order valence-corrected chi connectivity index (χ2v) is 11.4. The fraction of sp³-hybridized carbons (Fsp3) is 0.414. The molecule has 2 fully saturated rings. The van der Waals surface area contributed by atoms with Crippen LogP contribution >= 0.6 is 11.6 Å². The van der Waals surface area contributed by atoms with Crippen molar-refractivity contribution < 1.29 is 4.74 Å². The lowest BCUT2D eigenvalue weighted by atomic mass is 9.85. The first-order chi connectivity index (χ1) is 18.4. The van der Waals surface area contributed by atoms with Gasteiger partial charge in [-0.15, -0.1) is 0 Å². The SMILES string of the molecule is COc1cc(N2CCN(C3CC3)CC2)c(Cl)cc1Nc1nccc(-c2cc(C#N)c3c(c2)C(C)(C)CN3)n1. The van der Waals surface area contributed by atoms with Crippen LogP contribution in [0, 0.1) is 11.3 Å². The molecule has 1 aromatic heterocycles. The lowest BCUT2D eigenvalue weighted by Crippen LogP contribution is -2.47. The zero-order valence-corrected chi connectivity index (χ0v) is 22.8. The molecule has 3 heterocycles. The van der Waals surface area contributed by atoms with Crippen LogP contribution in [0.25, 0.3) is 11.3 Å². The second-order valence-electron chi connectivity index (χ2n) is 10.9. The minimum absolute atomic E-state index is 0.0680. The van der Waals surface area contributed by atoms with Gasteiger partial charge in [-0.3, -0.25) is 4.90 Å². The Hall–Kier alpha value is -3.54. The van der Waals surface area contributed by atoms with E-state index in [1.54, 1.807) is 13.3 Å². The number of nitrogens with zero attached hydrogens (tertiary/aromatic N) is 5. The number of ether oxygens (including phenoxy) is 1. The normalized spacial score (nSPS) is 18.4. The maximum absolute atomic E-state index is 9.77. The maximum Gasteiger partial charge on any atom is 0.227 e. The van der Waals surface area contributed by atoms with Crippen molar-refractivity contribution in [1.82, 2.24) is 14.9 Å². The van der Waals surface area contributed by atoms with E-state index in [2.05, 4.69) is 51.4 Å². The summed E-state index contributed by atoms with van der Waals surface area (Å²) in [6.07, 6.45) is 4.38. The molecule has 8 nitrogen and oxygen atoms in total. The van der Waals surface area contributed by atoms with Crippen molar-refractivity contribution in [3.63, 3.8) is 0 Å². The summed E-state index contributed by atoms with van der Waals surface area (Å²) in [6, 6.07) is 12.9. The molecule has 2 aromatic carbocycles. The van der Waals surface area contributed by atoms with Gasteiger partial charge in [0.15, 0.2) is 0 Å². The molecule has 9 heteroatoms. The Bertz CT molecular complexity index is 1420. The average molecular weight is 530 g/mol. The van der Waals surface area contributed by atoms with Crippen LogP contribution < -0.4 is 20.3 Å². The third kappa shape index (κ3) is 4.61. The molecule has 1 saturated carbocycles. The number of rotatable bonds is 6. The number of benzene rings is 2. The van der Waals surface area contributed by atoms with E-state index < -0.39 is 0 Å². The average Bonchev–Trinajstić information content (AvgIpc) is 3.73. The van der Waals surface area contributed by atoms with Crippen molar-refractivity contribution in [3.05, 3.63) is 52.7 Å². The monoisotopic (exact) mass is 529 g/mol. The highest BCUT2D eigenvalue weighted by Crippen LogP contribution is 2.42. The summed E-state index contributed by atoms with van der Waals surface area (Å²) >= 11 is 6.78. The zero-order valence-electron chi connectivity index (χ0n) is 22.0. The number of halogens is 1. The molecule has 0 unspecified atom stereocenters. The minimum atomic E-state index is -0.0680. The van der Waals surface area contributed by atoms with Gasteiger partial charge in [-0.1, -0.05) is 25.4 Å². The van der Waals surface area contributed by atoms with E-state index in [1.807, 2.05) is 24.3 Å². The molecule has 3 aromatic rings. The molecule has 0 radical (unpaired) electrons. The minimum Gasteiger partial charge on any atom is -0.494 e. The molecule has 2 aliphatic heterocycles. The summed E-state index contributed by atoms with van der Waals surface area (Å²) in [5.41, 5.74) is 5.90. The van der Waals surface area contributed by atoms with E-state index >= 15 is 0 Å². The van der Waals surface area contributed by atoms with Gasteiger partial charge in [0.25, 0.3) is 0 Å². The number of anilines is 4. The molecule has 196 valence electrons. The topological polar surface area (TPSA) is 89.3 Å². The number of aromatic nitrogens is 2. The highest BCUT2D eigenvalue weighted by atomic mass is 35.5. The quantitative estimate of drug-likeness (QED) is 0.438. The van der Waals surface area contributed by atoms with Crippen LogP contribution in [0.4, 0.5) is 23.0 Å². The first-order valence-electron chi connectivity index (χ1n) is 13.2. The molecule has 1 saturated heterocycles. The van der Waals surface area contributed by atoms with Crippen LogP contribution in [0.2, 0.25) is 5.02 Å². The molecular weight excluding hydrogens is 498 g/mol. The Labute approximate surface area is 228 Å². The molecular formula is C29H32ClN7O. The van der Waals surface area contributed by atoms with Crippen molar-refractivity contribution in [1.29, 1.82) is 5.26 Å². The summed E-state index contributed by atoms with van der Waals surface area (Å²) in [6.45, 7) is 9.18. The summed E-state index contributed by atoms with van der Waals surface area (Å²) in [4.78, 5) is 14.1. The number of nitrogens with one attached hydrogen (secondary N) is 2. The number of piperazine rings is 1. The van der Waals surface area contributed by atoms with Gasteiger partial charge in [0, 0.05) is 62.0 Å². The van der Waals surface area contributed by atoms with E-state index in [1.165, 1.54) is 12.8 Å². The molecule has 0 atom stereocenters. The number of hydrogen-bond acceptors (Lipinski definition) is 8. The number of methoxy groups -OCH3 is 1. The van der Waals surface area contributed by atoms with Crippen LogP contribution in [0.3, 0.4) is 0 Å². The van der Waals surface area contributed by atoms with Gasteiger partial charge >= 0.3 is 0 Å². The molecule has 0 spiro atoms. The Morgan fingerprint density at radius 3 is 2.66 bits per heavy atom. The third-order valence-electron chi connectivity index (χ3n) is 7.88. The van der Waals surface area contributed by atoms with E-state index in [-0.39, 0.29) is 5.41 Å². The second kappa shape index (κ2) is 9.64. The Morgan fingerprint density at radius 1 is 1.16 bits per heavy atom. The predicted molar refractivity (Wildman–Crippen MR) is 152 cm³/mol. The standard InChI is InChI=1S/C29H32ClN7O/c1-29(2)17-33-27-19(16-31)12-18(13-21(27)29)23-6-7-32-28(34-23)35-24-14-22(30)25(15-26(24)38-3)37-10-8-36(9-11-37)20-4-5-20/h6-7,12-15,20,33H,4-5,8-11,17H2,1-3H3,(H,32,34,35). The number of hydrogen-bond donors (Lipinski definition) is 2. The van der Waals surface area contributed by atoms with Gasteiger partial charge in [0.1, 0.15) is 11.8 Å². The van der Waals surface area contributed by atoms with Gasteiger partial charge in [0.2, 0.25) is 5.95 Å². The molecule has 6 rings (SSSR count). The van der Waals surface area contributed by atoms with Crippen molar-refractivity contribution in [2.75, 3.05) is 55.4 Å². The molecule has 0 amide bonds. The van der Waals surface area contributed by atoms with Crippen LogP contribution in [0.1, 0.15) is 37.8 Å². The van der Waals surface area contributed by atoms with Crippen LogP contribution in [0.5, 0.6) is 5.75 Å². The Balaban J connectivity index is 1.26. The lowest BCUT2D eigenvalue weighted by molar-refractivity contribution is 0.248. The van der Waals surface area contributed by atoms with Crippen molar-refractivity contribution >= 4 is 34.6 Å². The molecule has 2 N–H and O–H groups in total. The first-order valence-corrected chi connectivity index (χ1v) is 13.5. The van der Waals surface area contributed by atoms with E-state index in [0.717, 1.165) is 67.0 Å². The van der Waals surface area contributed by atoms with E-state index in [9.17, 15) is 5.26 Å². The summed E-state index contributed by atoms with van der Waals surface area (Å²) in [5.74, 6) is 1.11. The van der Waals surface area contributed by atoms with Gasteiger partial charge < -0.3 is 20.3 Å².